The summed E-state index contributed by atoms with van der Waals surface area (Å²) in [5, 5.41) is 22.3. The first-order valence-corrected chi connectivity index (χ1v) is 10.5. The maximum absolute atomic E-state index is 12.8. The highest BCUT2D eigenvalue weighted by atomic mass is 32.1. The highest BCUT2D eigenvalue weighted by Crippen LogP contribution is 2.28. The Labute approximate surface area is 190 Å². The van der Waals surface area contributed by atoms with Crippen LogP contribution in [0.2, 0.25) is 0 Å². The molecule has 1 heterocycles. The van der Waals surface area contributed by atoms with Gasteiger partial charge in [0.05, 0.1) is 39.4 Å². The molecule has 3 rings (SSSR count). The molecule has 172 valence electrons. The predicted octanol–water partition coefficient (Wildman–Crippen LogP) is 3.22. The van der Waals surface area contributed by atoms with Crippen LogP contribution in [0.25, 0.3) is 10.2 Å². The molecular weight excluding hydrogens is 456 g/mol. The number of esters is 1. The third-order valence-electron chi connectivity index (χ3n) is 4.32. The minimum atomic E-state index is -0.941. The fourth-order valence-electron chi connectivity index (χ4n) is 3.02. The van der Waals surface area contributed by atoms with Crippen LogP contribution < -0.4 is 9.54 Å². The number of hydrogen-bond donors (Lipinski definition) is 0. The zero-order chi connectivity index (χ0) is 24.1. The number of nitrogens with zero attached hydrogens (tertiary/aromatic N) is 4. The van der Waals surface area contributed by atoms with E-state index >= 15 is 0 Å². The lowest BCUT2D eigenvalue weighted by Gasteiger charge is -2.09. The standard InChI is InChI=1S/C20H18N4O8S/c1-3-31-15-6-5-7-16-18(15)22(11-17(25)32-4-2)20(33-16)21-19(26)12-8-13(23(27)28)10-14(9-12)24(29)30/h5-10H,3-4,11H2,1-2H3. The van der Waals surface area contributed by atoms with Crippen molar-refractivity contribution in [3.63, 3.8) is 0 Å². The number of para-hydroxylation sites is 1. The van der Waals surface area contributed by atoms with Gasteiger partial charge in [0, 0.05) is 12.1 Å². The molecule has 0 N–H and O–H groups in total. The number of non-ortho nitro benzene ring substituents is 2. The molecule has 0 unspecified atom stereocenters. The molecule has 13 heteroatoms. The third-order valence-corrected chi connectivity index (χ3v) is 5.37. The third kappa shape index (κ3) is 5.20. The van der Waals surface area contributed by atoms with Crippen molar-refractivity contribution in [3.05, 3.63) is 67.0 Å². The molecular formula is C20H18N4O8S. The maximum Gasteiger partial charge on any atom is 0.326 e. The zero-order valence-corrected chi connectivity index (χ0v) is 18.4. The van der Waals surface area contributed by atoms with E-state index < -0.39 is 33.1 Å². The summed E-state index contributed by atoms with van der Waals surface area (Å²) in [5.74, 6) is -1.04. The summed E-state index contributed by atoms with van der Waals surface area (Å²) in [5.41, 5.74) is -1.04. The monoisotopic (exact) mass is 474 g/mol. The van der Waals surface area contributed by atoms with Crippen LogP contribution in [0, 0.1) is 20.2 Å². The lowest BCUT2D eigenvalue weighted by atomic mass is 10.1. The minimum absolute atomic E-state index is 0.101. The van der Waals surface area contributed by atoms with Crippen molar-refractivity contribution < 1.29 is 28.9 Å². The van der Waals surface area contributed by atoms with E-state index in [1.807, 2.05) is 0 Å². The molecule has 0 aliphatic carbocycles. The van der Waals surface area contributed by atoms with Gasteiger partial charge in [-0.25, -0.2) is 0 Å². The summed E-state index contributed by atoms with van der Waals surface area (Å²) in [6, 6.07) is 7.78. The lowest BCUT2D eigenvalue weighted by molar-refractivity contribution is -0.394. The molecule has 1 aromatic heterocycles. The number of rotatable bonds is 8. The van der Waals surface area contributed by atoms with E-state index in [0.29, 0.717) is 22.6 Å². The SMILES string of the molecule is CCOC(=O)Cn1c(=NC(=O)c2cc([N+](=O)[O-])cc([N+](=O)[O-])c2)sc2cccc(OCC)c21. The van der Waals surface area contributed by atoms with Crippen molar-refractivity contribution in [3.8, 4) is 5.75 Å². The fourth-order valence-corrected chi connectivity index (χ4v) is 4.06. The Bertz CT molecular complexity index is 1300. The van der Waals surface area contributed by atoms with Crippen LogP contribution in [-0.4, -0.2) is 39.5 Å². The van der Waals surface area contributed by atoms with Crippen LogP contribution in [-0.2, 0) is 16.1 Å². The van der Waals surface area contributed by atoms with Gasteiger partial charge in [-0.2, -0.15) is 4.99 Å². The van der Waals surface area contributed by atoms with Gasteiger partial charge < -0.3 is 14.0 Å². The molecule has 0 radical (unpaired) electrons. The second-order valence-corrected chi connectivity index (χ2v) is 7.49. The van der Waals surface area contributed by atoms with Gasteiger partial charge >= 0.3 is 5.97 Å². The molecule has 0 saturated heterocycles. The van der Waals surface area contributed by atoms with Gasteiger partial charge in [-0.15, -0.1) is 0 Å². The van der Waals surface area contributed by atoms with Crippen molar-refractivity contribution in [2.45, 2.75) is 20.4 Å². The van der Waals surface area contributed by atoms with Gasteiger partial charge in [-0.1, -0.05) is 17.4 Å². The number of nitro groups is 2. The molecule has 3 aromatic rings. The predicted molar refractivity (Wildman–Crippen MR) is 117 cm³/mol. The molecule has 12 nitrogen and oxygen atoms in total. The van der Waals surface area contributed by atoms with Gasteiger partial charge in [-0.05, 0) is 26.0 Å². The number of nitro benzene ring substituents is 2. The first kappa shape index (κ1) is 23.5. The number of thiazole rings is 1. The number of amides is 1. The van der Waals surface area contributed by atoms with Gasteiger partial charge in [0.2, 0.25) is 0 Å². The van der Waals surface area contributed by atoms with Crippen LogP contribution in [0.5, 0.6) is 5.75 Å². The fraction of sp³-hybridized carbons (Fsp3) is 0.250. The molecule has 0 aliphatic rings. The summed E-state index contributed by atoms with van der Waals surface area (Å²) < 4.78 is 12.8. The molecule has 0 aliphatic heterocycles. The Morgan fingerprint density at radius 1 is 1.06 bits per heavy atom. The summed E-state index contributed by atoms with van der Waals surface area (Å²) in [7, 11) is 0. The lowest BCUT2D eigenvalue weighted by Crippen LogP contribution is -2.23. The van der Waals surface area contributed by atoms with Gasteiger partial charge in [-0.3, -0.25) is 29.8 Å². The molecule has 0 saturated carbocycles. The van der Waals surface area contributed by atoms with Crippen molar-refractivity contribution in [1.29, 1.82) is 0 Å². The first-order chi connectivity index (χ1) is 15.7. The number of benzene rings is 2. The number of carbonyl (C=O) groups is 2. The average molecular weight is 474 g/mol. The normalized spacial score (nSPS) is 11.4. The number of fused-ring (bicyclic) bond motifs is 1. The minimum Gasteiger partial charge on any atom is -0.492 e. The molecule has 1 amide bonds. The van der Waals surface area contributed by atoms with Crippen LogP contribution >= 0.6 is 11.3 Å². The summed E-state index contributed by atoms with van der Waals surface area (Å²) >= 11 is 1.09. The maximum atomic E-state index is 12.8. The topological polar surface area (TPSA) is 156 Å². The van der Waals surface area contributed by atoms with Gasteiger partial charge in [0.25, 0.3) is 17.3 Å². The summed E-state index contributed by atoms with van der Waals surface area (Å²) in [4.78, 5) is 49.8. The highest BCUT2D eigenvalue weighted by molar-refractivity contribution is 7.16. The van der Waals surface area contributed by atoms with Gasteiger partial charge in [0.1, 0.15) is 17.8 Å². The quantitative estimate of drug-likeness (QED) is 0.274. The van der Waals surface area contributed by atoms with Crippen LogP contribution in [0.1, 0.15) is 24.2 Å². The molecule has 2 aromatic carbocycles. The summed E-state index contributed by atoms with van der Waals surface area (Å²) in [6.45, 7) is 3.70. The second kappa shape index (κ2) is 9.99. The van der Waals surface area contributed by atoms with Crippen molar-refractivity contribution >= 4 is 44.8 Å². The van der Waals surface area contributed by atoms with E-state index in [1.54, 1.807) is 32.0 Å². The Morgan fingerprint density at radius 2 is 1.73 bits per heavy atom. The van der Waals surface area contributed by atoms with Crippen molar-refractivity contribution in [1.82, 2.24) is 4.57 Å². The smallest absolute Gasteiger partial charge is 0.326 e. The Kier molecular flexibility index (Phi) is 7.13. The number of carbonyl (C=O) groups excluding carboxylic acids is 2. The molecule has 0 spiro atoms. The summed E-state index contributed by atoms with van der Waals surface area (Å²) in [6.07, 6.45) is 0. The Hall–Kier alpha value is -4.13. The molecule has 0 bridgehead atoms. The Morgan fingerprint density at radius 3 is 2.30 bits per heavy atom. The molecule has 0 fully saturated rings. The van der Waals surface area contributed by atoms with E-state index in [0.717, 1.165) is 29.5 Å². The number of aromatic nitrogens is 1. The van der Waals surface area contributed by atoms with Gasteiger partial charge in [0.15, 0.2) is 4.80 Å². The van der Waals surface area contributed by atoms with Crippen molar-refractivity contribution in [2.24, 2.45) is 4.99 Å². The first-order valence-electron chi connectivity index (χ1n) is 9.68. The van der Waals surface area contributed by atoms with E-state index in [9.17, 15) is 29.8 Å². The Balaban J connectivity index is 2.20. The van der Waals surface area contributed by atoms with Crippen LogP contribution in [0.15, 0.2) is 41.4 Å². The largest absolute Gasteiger partial charge is 0.492 e. The molecule has 33 heavy (non-hydrogen) atoms. The van der Waals surface area contributed by atoms with E-state index in [2.05, 4.69) is 4.99 Å². The van der Waals surface area contributed by atoms with Crippen LogP contribution in [0.3, 0.4) is 0 Å². The molecule has 0 atom stereocenters. The second-order valence-electron chi connectivity index (χ2n) is 6.48. The van der Waals surface area contributed by atoms with E-state index in [-0.39, 0.29) is 23.5 Å². The van der Waals surface area contributed by atoms with Crippen LogP contribution in [0.4, 0.5) is 11.4 Å². The van der Waals surface area contributed by atoms with Crippen molar-refractivity contribution in [2.75, 3.05) is 13.2 Å². The van der Waals surface area contributed by atoms with E-state index in [4.69, 9.17) is 9.47 Å². The highest BCUT2D eigenvalue weighted by Gasteiger charge is 2.21. The average Bonchev–Trinajstić information content (AvgIpc) is 3.11. The number of ether oxygens (including phenoxy) is 2. The van der Waals surface area contributed by atoms with E-state index in [1.165, 1.54) is 4.57 Å². The number of hydrogen-bond acceptors (Lipinski definition) is 9. The zero-order valence-electron chi connectivity index (χ0n) is 17.5.